The lowest BCUT2D eigenvalue weighted by molar-refractivity contribution is 0.321. The van der Waals surface area contributed by atoms with Gasteiger partial charge in [0, 0.05) is 13.6 Å². The summed E-state index contributed by atoms with van der Waals surface area (Å²) < 4.78 is 5.72. The Labute approximate surface area is 116 Å². The fourth-order valence-corrected chi connectivity index (χ4v) is 1.82. The van der Waals surface area contributed by atoms with Gasteiger partial charge < -0.3 is 15.4 Å². The van der Waals surface area contributed by atoms with E-state index in [4.69, 9.17) is 4.74 Å². The number of hydrogen-bond donors (Lipinski definition) is 2. The second kappa shape index (κ2) is 8.40. The third-order valence-corrected chi connectivity index (χ3v) is 2.62. The number of rotatable bonds is 6. The van der Waals surface area contributed by atoms with Gasteiger partial charge in [-0.15, -0.1) is 0 Å². The van der Waals surface area contributed by atoms with E-state index in [0.717, 1.165) is 31.2 Å². The Balaban J connectivity index is 2.30. The van der Waals surface area contributed by atoms with Gasteiger partial charge in [0.05, 0.1) is 6.54 Å². The third kappa shape index (κ3) is 6.13. The molecule has 0 heterocycles. The lowest BCUT2D eigenvalue weighted by atomic mass is 10.1. The summed E-state index contributed by atoms with van der Waals surface area (Å²) in [5.41, 5.74) is 2.45. The van der Waals surface area contributed by atoms with Crippen molar-refractivity contribution >= 4 is 5.96 Å². The lowest BCUT2D eigenvalue weighted by Crippen LogP contribution is -2.39. The summed E-state index contributed by atoms with van der Waals surface area (Å²) in [5, 5.41) is 6.44. The highest BCUT2D eigenvalue weighted by Gasteiger charge is 1.98. The van der Waals surface area contributed by atoms with Crippen molar-refractivity contribution in [1.82, 2.24) is 10.6 Å². The Morgan fingerprint density at radius 1 is 1.11 bits per heavy atom. The predicted octanol–water partition coefficient (Wildman–Crippen LogP) is 2.26. The fraction of sp³-hybridized carbons (Fsp3) is 0.533. The summed E-state index contributed by atoms with van der Waals surface area (Å²) in [4.78, 5) is 4.14. The summed E-state index contributed by atoms with van der Waals surface area (Å²) in [5.74, 6) is 1.75. The number of nitrogens with zero attached hydrogens (tertiary/aromatic N) is 1. The first-order valence-electron chi connectivity index (χ1n) is 6.81. The van der Waals surface area contributed by atoms with Gasteiger partial charge in [0.1, 0.15) is 12.4 Å². The maximum Gasteiger partial charge on any atom is 0.191 e. The Morgan fingerprint density at radius 2 is 1.74 bits per heavy atom. The molecule has 1 aromatic rings. The molecule has 2 N–H and O–H groups in total. The van der Waals surface area contributed by atoms with E-state index < -0.39 is 0 Å². The molecule has 0 radical (unpaired) electrons. The van der Waals surface area contributed by atoms with Crippen LogP contribution in [-0.2, 0) is 0 Å². The van der Waals surface area contributed by atoms with Gasteiger partial charge in [-0.05, 0) is 43.5 Å². The average Bonchev–Trinajstić information content (AvgIpc) is 2.37. The molecule has 0 amide bonds. The van der Waals surface area contributed by atoms with Crippen LogP contribution in [0.15, 0.2) is 23.2 Å². The molecule has 4 nitrogen and oxygen atoms in total. The molecule has 0 saturated carbocycles. The van der Waals surface area contributed by atoms with Gasteiger partial charge in [-0.2, -0.15) is 0 Å². The summed E-state index contributed by atoms with van der Waals surface area (Å²) >= 11 is 0. The molecule has 0 atom stereocenters. The Morgan fingerprint density at radius 3 is 2.32 bits per heavy atom. The third-order valence-electron chi connectivity index (χ3n) is 2.62. The number of guanidine groups is 1. The first-order chi connectivity index (χ1) is 9.15. The molecule has 4 heteroatoms. The summed E-state index contributed by atoms with van der Waals surface area (Å²) in [6, 6.07) is 6.25. The van der Waals surface area contributed by atoms with Crippen molar-refractivity contribution in [3.63, 3.8) is 0 Å². The standard InChI is InChI=1S/C15H25N3O/c1-5-6-17-15(16-4)18-7-8-19-14-10-12(2)9-13(3)11-14/h9-11H,5-8H2,1-4H3,(H2,16,17,18). The monoisotopic (exact) mass is 263 g/mol. The molecule has 0 fully saturated rings. The first kappa shape index (κ1) is 15.3. The van der Waals surface area contributed by atoms with Crippen LogP contribution >= 0.6 is 0 Å². The van der Waals surface area contributed by atoms with Crippen molar-refractivity contribution in [2.24, 2.45) is 4.99 Å². The summed E-state index contributed by atoms with van der Waals surface area (Å²) in [7, 11) is 1.77. The minimum atomic E-state index is 0.621. The van der Waals surface area contributed by atoms with Crippen LogP contribution < -0.4 is 15.4 Å². The van der Waals surface area contributed by atoms with E-state index in [-0.39, 0.29) is 0 Å². The van der Waals surface area contributed by atoms with Crippen LogP contribution in [0.3, 0.4) is 0 Å². The van der Waals surface area contributed by atoms with Crippen LogP contribution in [0.1, 0.15) is 24.5 Å². The average molecular weight is 263 g/mol. The topological polar surface area (TPSA) is 45.7 Å². The van der Waals surface area contributed by atoms with Crippen LogP contribution in [0.5, 0.6) is 5.75 Å². The van der Waals surface area contributed by atoms with Gasteiger partial charge in [0.25, 0.3) is 0 Å². The molecule has 0 bridgehead atoms. The molecule has 0 aliphatic heterocycles. The van der Waals surface area contributed by atoms with E-state index in [2.05, 4.69) is 54.6 Å². The number of hydrogen-bond acceptors (Lipinski definition) is 2. The highest BCUT2D eigenvalue weighted by molar-refractivity contribution is 5.79. The van der Waals surface area contributed by atoms with E-state index in [0.29, 0.717) is 6.61 Å². The zero-order chi connectivity index (χ0) is 14.1. The quantitative estimate of drug-likeness (QED) is 0.470. The van der Waals surface area contributed by atoms with Crippen LogP contribution in [0.2, 0.25) is 0 Å². The van der Waals surface area contributed by atoms with Crippen molar-refractivity contribution in [2.45, 2.75) is 27.2 Å². The zero-order valence-corrected chi connectivity index (χ0v) is 12.4. The molecule has 0 spiro atoms. The van der Waals surface area contributed by atoms with E-state index >= 15 is 0 Å². The SMILES string of the molecule is CCCNC(=NC)NCCOc1cc(C)cc(C)c1. The largest absolute Gasteiger partial charge is 0.492 e. The van der Waals surface area contributed by atoms with E-state index in [1.165, 1.54) is 11.1 Å². The van der Waals surface area contributed by atoms with Crippen molar-refractivity contribution < 1.29 is 4.74 Å². The maximum absolute atomic E-state index is 5.72. The van der Waals surface area contributed by atoms with Gasteiger partial charge in [-0.25, -0.2) is 0 Å². The molecule has 0 unspecified atom stereocenters. The zero-order valence-electron chi connectivity index (χ0n) is 12.4. The molecule has 106 valence electrons. The summed E-state index contributed by atoms with van der Waals surface area (Å²) in [6.45, 7) is 8.57. The first-order valence-corrected chi connectivity index (χ1v) is 6.81. The van der Waals surface area contributed by atoms with Gasteiger partial charge >= 0.3 is 0 Å². The number of nitrogens with one attached hydrogen (secondary N) is 2. The minimum absolute atomic E-state index is 0.621. The smallest absolute Gasteiger partial charge is 0.191 e. The van der Waals surface area contributed by atoms with Crippen molar-refractivity contribution in [1.29, 1.82) is 0 Å². The highest BCUT2D eigenvalue weighted by Crippen LogP contribution is 2.15. The van der Waals surface area contributed by atoms with Crippen LogP contribution in [0.4, 0.5) is 0 Å². The molecule has 0 aliphatic rings. The molecule has 1 aromatic carbocycles. The van der Waals surface area contributed by atoms with Crippen molar-refractivity contribution in [2.75, 3.05) is 26.7 Å². The van der Waals surface area contributed by atoms with Gasteiger partial charge in [0.2, 0.25) is 0 Å². The molecule has 19 heavy (non-hydrogen) atoms. The highest BCUT2D eigenvalue weighted by atomic mass is 16.5. The van der Waals surface area contributed by atoms with E-state index in [1.807, 2.05) is 0 Å². The number of benzene rings is 1. The number of aryl methyl sites for hydroxylation is 2. The lowest BCUT2D eigenvalue weighted by Gasteiger charge is -2.12. The normalized spacial score (nSPS) is 11.3. The van der Waals surface area contributed by atoms with Crippen molar-refractivity contribution in [3.8, 4) is 5.75 Å². The Hall–Kier alpha value is -1.71. The van der Waals surface area contributed by atoms with Crippen molar-refractivity contribution in [3.05, 3.63) is 29.3 Å². The summed E-state index contributed by atoms with van der Waals surface area (Å²) in [6.07, 6.45) is 1.08. The number of ether oxygens (including phenoxy) is 1. The van der Waals surface area contributed by atoms with Gasteiger partial charge in [-0.1, -0.05) is 13.0 Å². The van der Waals surface area contributed by atoms with Crippen LogP contribution in [0, 0.1) is 13.8 Å². The molecule has 0 saturated heterocycles. The maximum atomic E-state index is 5.72. The number of aliphatic imine (C=N–C) groups is 1. The molecular formula is C15H25N3O. The molecular weight excluding hydrogens is 238 g/mol. The predicted molar refractivity (Wildman–Crippen MR) is 81.1 cm³/mol. The van der Waals surface area contributed by atoms with Crippen LogP contribution in [-0.4, -0.2) is 32.7 Å². The Bertz CT molecular complexity index is 396. The second-order valence-corrected chi connectivity index (χ2v) is 4.60. The Kier molecular flexibility index (Phi) is 6.79. The molecule has 1 rings (SSSR count). The van der Waals surface area contributed by atoms with Gasteiger partial charge in [-0.3, -0.25) is 4.99 Å². The molecule has 0 aliphatic carbocycles. The fourth-order valence-electron chi connectivity index (χ4n) is 1.82. The molecule has 0 aromatic heterocycles. The van der Waals surface area contributed by atoms with Gasteiger partial charge in [0.15, 0.2) is 5.96 Å². The second-order valence-electron chi connectivity index (χ2n) is 4.60. The van der Waals surface area contributed by atoms with E-state index in [9.17, 15) is 0 Å². The minimum Gasteiger partial charge on any atom is -0.492 e. The van der Waals surface area contributed by atoms with E-state index in [1.54, 1.807) is 7.05 Å². The van der Waals surface area contributed by atoms with Crippen LogP contribution in [0.25, 0.3) is 0 Å².